The number of benzene rings is 2. The molecule has 0 aliphatic heterocycles. The highest BCUT2D eigenvalue weighted by Crippen LogP contribution is 2.23. The van der Waals surface area contributed by atoms with Gasteiger partial charge in [-0.05, 0) is 43.7 Å². The van der Waals surface area contributed by atoms with Crippen LogP contribution in [0.25, 0.3) is 0 Å². The summed E-state index contributed by atoms with van der Waals surface area (Å²) in [5, 5.41) is 0. The van der Waals surface area contributed by atoms with E-state index in [4.69, 9.17) is 15.2 Å². The van der Waals surface area contributed by atoms with Crippen molar-refractivity contribution < 1.29 is 9.47 Å². The minimum Gasteiger partial charge on any atom is -0.496 e. The Bertz CT molecular complexity index is 579. The summed E-state index contributed by atoms with van der Waals surface area (Å²) in [7, 11) is 1.67. The van der Waals surface area contributed by atoms with Crippen molar-refractivity contribution in [3.05, 3.63) is 59.2 Å². The van der Waals surface area contributed by atoms with Crippen LogP contribution in [0, 0.1) is 6.92 Å². The molecule has 3 heteroatoms. The first-order valence-electron chi connectivity index (χ1n) is 6.72. The van der Waals surface area contributed by atoms with Crippen LogP contribution in [0.4, 0.5) is 0 Å². The molecular formula is C17H21NO2. The minimum absolute atomic E-state index is 0.00653. The van der Waals surface area contributed by atoms with Gasteiger partial charge >= 0.3 is 0 Å². The van der Waals surface area contributed by atoms with Crippen molar-refractivity contribution >= 4 is 0 Å². The molecule has 0 saturated heterocycles. The lowest BCUT2D eigenvalue weighted by Crippen LogP contribution is -2.05. The van der Waals surface area contributed by atoms with Crippen LogP contribution in [0.5, 0.6) is 11.5 Å². The largest absolute Gasteiger partial charge is 0.496 e. The molecule has 0 aliphatic rings. The first-order chi connectivity index (χ1) is 9.60. The fourth-order valence-electron chi connectivity index (χ4n) is 2.07. The van der Waals surface area contributed by atoms with Gasteiger partial charge in [-0.1, -0.05) is 23.8 Å². The average Bonchev–Trinajstić information content (AvgIpc) is 2.45. The Morgan fingerprint density at radius 1 is 1.15 bits per heavy atom. The van der Waals surface area contributed by atoms with Gasteiger partial charge in [0.25, 0.3) is 0 Å². The normalized spacial score (nSPS) is 12.0. The highest BCUT2D eigenvalue weighted by atomic mass is 16.5. The van der Waals surface area contributed by atoms with E-state index in [9.17, 15) is 0 Å². The Morgan fingerprint density at radius 3 is 2.65 bits per heavy atom. The fourth-order valence-corrected chi connectivity index (χ4v) is 2.07. The smallest absolute Gasteiger partial charge is 0.125 e. The standard InChI is InChI=1S/C17H21NO2/c1-12-7-8-17(19-3)15(9-12)11-20-16-6-4-5-14(10-16)13(2)18/h4-10,13H,11,18H2,1-3H3/t13-/m0/s1. The van der Waals surface area contributed by atoms with E-state index in [1.54, 1.807) is 7.11 Å². The Labute approximate surface area is 120 Å². The summed E-state index contributed by atoms with van der Waals surface area (Å²) in [6.45, 7) is 4.50. The van der Waals surface area contributed by atoms with Gasteiger partial charge in [0.15, 0.2) is 0 Å². The van der Waals surface area contributed by atoms with E-state index >= 15 is 0 Å². The van der Waals surface area contributed by atoms with Gasteiger partial charge < -0.3 is 15.2 Å². The number of ether oxygens (including phenoxy) is 2. The zero-order valence-electron chi connectivity index (χ0n) is 12.2. The molecule has 2 aromatic carbocycles. The van der Waals surface area contributed by atoms with Gasteiger partial charge in [0.1, 0.15) is 18.1 Å². The Hall–Kier alpha value is -2.00. The zero-order chi connectivity index (χ0) is 14.5. The summed E-state index contributed by atoms with van der Waals surface area (Å²) in [6.07, 6.45) is 0. The summed E-state index contributed by atoms with van der Waals surface area (Å²) in [6, 6.07) is 14.0. The number of hydrogen-bond acceptors (Lipinski definition) is 3. The number of rotatable bonds is 5. The molecular weight excluding hydrogens is 250 g/mol. The number of nitrogens with two attached hydrogens (primary N) is 1. The molecule has 2 N–H and O–H groups in total. The highest BCUT2D eigenvalue weighted by molar-refractivity contribution is 5.37. The predicted octanol–water partition coefficient (Wildman–Crippen LogP) is 3.60. The van der Waals surface area contributed by atoms with E-state index in [1.165, 1.54) is 5.56 Å². The molecule has 0 spiro atoms. The Morgan fingerprint density at radius 2 is 1.95 bits per heavy atom. The van der Waals surface area contributed by atoms with Crippen LogP contribution < -0.4 is 15.2 Å². The van der Waals surface area contributed by atoms with E-state index in [1.807, 2.05) is 43.3 Å². The third-order valence-corrected chi connectivity index (χ3v) is 3.21. The Balaban J connectivity index is 2.12. The van der Waals surface area contributed by atoms with Gasteiger partial charge in [0, 0.05) is 11.6 Å². The topological polar surface area (TPSA) is 44.5 Å². The van der Waals surface area contributed by atoms with Gasteiger partial charge in [-0.3, -0.25) is 0 Å². The molecule has 0 fully saturated rings. The fraction of sp³-hybridized carbons (Fsp3) is 0.294. The lowest BCUT2D eigenvalue weighted by Gasteiger charge is -2.12. The lowest BCUT2D eigenvalue weighted by atomic mass is 10.1. The maximum absolute atomic E-state index is 5.88. The molecule has 1 atom stereocenters. The molecule has 0 aliphatic carbocycles. The van der Waals surface area contributed by atoms with Gasteiger partial charge in [-0.2, -0.15) is 0 Å². The molecule has 0 heterocycles. The quantitative estimate of drug-likeness (QED) is 0.903. The van der Waals surface area contributed by atoms with E-state index in [0.29, 0.717) is 6.61 Å². The van der Waals surface area contributed by atoms with Gasteiger partial charge in [0.2, 0.25) is 0 Å². The van der Waals surface area contributed by atoms with Crippen molar-refractivity contribution in [1.29, 1.82) is 0 Å². The van der Waals surface area contributed by atoms with Gasteiger partial charge in [0.05, 0.1) is 7.11 Å². The SMILES string of the molecule is COc1ccc(C)cc1COc1cccc([C@H](C)N)c1. The van der Waals surface area contributed by atoms with Crippen molar-refractivity contribution in [2.24, 2.45) is 5.73 Å². The zero-order valence-corrected chi connectivity index (χ0v) is 12.2. The minimum atomic E-state index is 0.00653. The second kappa shape index (κ2) is 6.44. The molecule has 106 valence electrons. The molecule has 0 unspecified atom stereocenters. The van der Waals surface area contributed by atoms with Crippen molar-refractivity contribution in [3.63, 3.8) is 0 Å². The van der Waals surface area contributed by atoms with Crippen LogP contribution in [0.15, 0.2) is 42.5 Å². The predicted molar refractivity (Wildman–Crippen MR) is 81.1 cm³/mol. The summed E-state index contributed by atoms with van der Waals surface area (Å²) < 4.78 is 11.2. The number of aryl methyl sites for hydroxylation is 1. The molecule has 3 nitrogen and oxygen atoms in total. The van der Waals surface area contributed by atoms with Crippen molar-refractivity contribution in [2.45, 2.75) is 26.5 Å². The molecule has 2 rings (SSSR count). The molecule has 0 saturated carbocycles. The summed E-state index contributed by atoms with van der Waals surface area (Å²) in [5.74, 6) is 1.67. The van der Waals surface area contributed by atoms with Crippen LogP contribution in [0.1, 0.15) is 29.7 Å². The third kappa shape index (κ3) is 3.52. The van der Waals surface area contributed by atoms with Crippen molar-refractivity contribution in [3.8, 4) is 11.5 Å². The summed E-state index contributed by atoms with van der Waals surface area (Å²) in [4.78, 5) is 0. The van der Waals surface area contributed by atoms with Crippen LogP contribution in [-0.2, 0) is 6.61 Å². The van der Waals surface area contributed by atoms with E-state index in [-0.39, 0.29) is 6.04 Å². The molecule has 0 aromatic heterocycles. The summed E-state index contributed by atoms with van der Waals surface area (Å²) >= 11 is 0. The third-order valence-electron chi connectivity index (χ3n) is 3.21. The van der Waals surface area contributed by atoms with Gasteiger partial charge in [-0.15, -0.1) is 0 Å². The van der Waals surface area contributed by atoms with E-state index < -0.39 is 0 Å². The monoisotopic (exact) mass is 271 g/mol. The molecule has 2 aromatic rings. The molecule has 0 bridgehead atoms. The molecule has 20 heavy (non-hydrogen) atoms. The lowest BCUT2D eigenvalue weighted by molar-refractivity contribution is 0.296. The van der Waals surface area contributed by atoms with Crippen molar-refractivity contribution in [2.75, 3.05) is 7.11 Å². The van der Waals surface area contributed by atoms with Crippen LogP contribution in [0.2, 0.25) is 0 Å². The maximum Gasteiger partial charge on any atom is 0.125 e. The number of methoxy groups -OCH3 is 1. The highest BCUT2D eigenvalue weighted by Gasteiger charge is 2.05. The van der Waals surface area contributed by atoms with Crippen LogP contribution >= 0.6 is 0 Å². The second-order valence-electron chi connectivity index (χ2n) is 4.97. The van der Waals surface area contributed by atoms with Crippen LogP contribution in [0.3, 0.4) is 0 Å². The summed E-state index contributed by atoms with van der Waals surface area (Å²) in [5.41, 5.74) is 9.18. The van der Waals surface area contributed by atoms with E-state index in [2.05, 4.69) is 13.0 Å². The van der Waals surface area contributed by atoms with Crippen molar-refractivity contribution in [1.82, 2.24) is 0 Å². The second-order valence-corrected chi connectivity index (χ2v) is 4.97. The first kappa shape index (κ1) is 14.4. The average molecular weight is 271 g/mol. The van der Waals surface area contributed by atoms with Gasteiger partial charge in [-0.25, -0.2) is 0 Å². The molecule has 0 radical (unpaired) electrons. The number of hydrogen-bond donors (Lipinski definition) is 1. The first-order valence-corrected chi connectivity index (χ1v) is 6.72. The molecule has 0 amide bonds. The van der Waals surface area contributed by atoms with E-state index in [0.717, 1.165) is 22.6 Å². The van der Waals surface area contributed by atoms with Crippen LogP contribution in [-0.4, -0.2) is 7.11 Å². The maximum atomic E-state index is 5.88. The Kier molecular flexibility index (Phi) is 4.64.